The molecule has 2 aromatic carbocycles. The van der Waals surface area contributed by atoms with Crippen LogP contribution >= 0.6 is 23.5 Å². The number of anilines is 1. The lowest BCUT2D eigenvalue weighted by molar-refractivity contribution is -0.116. The van der Waals surface area contributed by atoms with Crippen molar-refractivity contribution < 1.29 is 4.79 Å². The van der Waals surface area contributed by atoms with E-state index in [1.807, 2.05) is 45.9 Å². The Balaban J connectivity index is 1.53. The molecular weight excluding hydrogens is 400 g/mol. The Kier molecular flexibility index (Phi) is 6.06. The number of carbonyl (C=O) groups excluding carboxylic acids is 1. The van der Waals surface area contributed by atoms with E-state index in [4.69, 9.17) is 0 Å². The van der Waals surface area contributed by atoms with Gasteiger partial charge in [0.05, 0.1) is 11.4 Å². The van der Waals surface area contributed by atoms with Gasteiger partial charge in [-0.1, -0.05) is 53.7 Å². The van der Waals surface area contributed by atoms with Crippen LogP contribution in [0.15, 0.2) is 71.2 Å². The number of allylic oxidation sites excluding steroid dienone is 1. The monoisotopic (exact) mass is 422 g/mol. The third kappa shape index (κ3) is 4.26. The van der Waals surface area contributed by atoms with Crippen LogP contribution in [0, 0.1) is 6.92 Å². The number of fused-ring (bicyclic) bond motifs is 1. The lowest BCUT2D eigenvalue weighted by Crippen LogP contribution is -2.36. The standard InChI is InChI=1S/C22H22N4OS2/c1-3-11-26-21(17-8-6-7-16(2)14-17)23-24-22(26)29-15-20(27)25-12-13-28-19-10-5-4-9-18(19)25/h3-10,14H,1,11-13,15H2,2H3. The van der Waals surface area contributed by atoms with Crippen LogP contribution in [-0.2, 0) is 11.3 Å². The van der Waals surface area contributed by atoms with Crippen LogP contribution in [0.2, 0.25) is 0 Å². The molecule has 148 valence electrons. The second-order valence-electron chi connectivity index (χ2n) is 6.73. The van der Waals surface area contributed by atoms with Crippen LogP contribution in [-0.4, -0.2) is 38.7 Å². The van der Waals surface area contributed by atoms with Crippen LogP contribution in [0.1, 0.15) is 5.56 Å². The summed E-state index contributed by atoms with van der Waals surface area (Å²) in [4.78, 5) is 16.0. The second-order valence-corrected chi connectivity index (χ2v) is 8.80. The van der Waals surface area contributed by atoms with E-state index in [0.717, 1.165) is 39.4 Å². The highest BCUT2D eigenvalue weighted by atomic mass is 32.2. The van der Waals surface area contributed by atoms with Crippen LogP contribution < -0.4 is 4.90 Å². The first-order chi connectivity index (χ1) is 14.2. The Morgan fingerprint density at radius 1 is 1.24 bits per heavy atom. The number of rotatable bonds is 6. The van der Waals surface area contributed by atoms with Crippen molar-refractivity contribution in [3.63, 3.8) is 0 Å². The van der Waals surface area contributed by atoms with Gasteiger partial charge in [-0.05, 0) is 25.1 Å². The minimum absolute atomic E-state index is 0.0907. The molecule has 0 saturated carbocycles. The summed E-state index contributed by atoms with van der Waals surface area (Å²) >= 11 is 3.22. The molecule has 0 fully saturated rings. The van der Waals surface area contributed by atoms with Gasteiger partial charge in [0.15, 0.2) is 11.0 Å². The van der Waals surface area contributed by atoms with Crippen molar-refractivity contribution in [3.05, 3.63) is 66.7 Å². The topological polar surface area (TPSA) is 51.0 Å². The van der Waals surface area contributed by atoms with Gasteiger partial charge in [0.1, 0.15) is 0 Å². The van der Waals surface area contributed by atoms with Gasteiger partial charge < -0.3 is 4.90 Å². The Hall–Kier alpha value is -2.51. The molecule has 0 aliphatic carbocycles. The predicted molar refractivity (Wildman–Crippen MR) is 121 cm³/mol. The van der Waals surface area contributed by atoms with E-state index in [1.165, 1.54) is 17.3 Å². The van der Waals surface area contributed by atoms with Crippen molar-refractivity contribution in [2.45, 2.75) is 23.5 Å². The van der Waals surface area contributed by atoms with Crippen molar-refractivity contribution >= 4 is 35.1 Å². The lowest BCUT2D eigenvalue weighted by atomic mass is 10.1. The molecule has 29 heavy (non-hydrogen) atoms. The number of thioether (sulfide) groups is 2. The molecular formula is C22H22N4OS2. The van der Waals surface area contributed by atoms with Gasteiger partial charge in [-0.3, -0.25) is 9.36 Å². The van der Waals surface area contributed by atoms with Gasteiger partial charge in [0.2, 0.25) is 5.91 Å². The zero-order valence-electron chi connectivity index (χ0n) is 16.2. The molecule has 3 aromatic rings. The average molecular weight is 423 g/mol. The zero-order valence-corrected chi connectivity index (χ0v) is 17.9. The third-order valence-corrected chi connectivity index (χ3v) is 6.65. The fraction of sp³-hybridized carbons (Fsp3) is 0.227. The highest BCUT2D eigenvalue weighted by molar-refractivity contribution is 8.00. The number of carbonyl (C=O) groups is 1. The Bertz CT molecular complexity index is 1050. The van der Waals surface area contributed by atoms with Crippen LogP contribution in [0.25, 0.3) is 11.4 Å². The Morgan fingerprint density at radius 2 is 2.10 bits per heavy atom. The van der Waals surface area contributed by atoms with Crippen LogP contribution in [0.4, 0.5) is 5.69 Å². The minimum atomic E-state index is 0.0907. The van der Waals surface area contributed by atoms with E-state index < -0.39 is 0 Å². The highest BCUT2D eigenvalue weighted by Crippen LogP contribution is 2.35. The zero-order chi connectivity index (χ0) is 20.2. The van der Waals surface area contributed by atoms with Crippen molar-refractivity contribution in [1.29, 1.82) is 0 Å². The van der Waals surface area contributed by atoms with Gasteiger partial charge >= 0.3 is 0 Å². The second kappa shape index (κ2) is 8.88. The first kappa shape index (κ1) is 19.8. The SMILES string of the molecule is C=CCn1c(SCC(=O)N2CCSc3ccccc32)nnc1-c1cccc(C)c1. The normalized spacial score (nSPS) is 13.2. The summed E-state index contributed by atoms with van der Waals surface area (Å²) < 4.78 is 2.01. The predicted octanol–water partition coefficient (Wildman–Crippen LogP) is 4.67. The van der Waals surface area contributed by atoms with Gasteiger partial charge in [0.25, 0.3) is 0 Å². The number of hydrogen-bond donors (Lipinski definition) is 0. The quantitative estimate of drug-likeness (QED) is 0.427. The fourth-order valence-corrected chi connectivity index (χ4v) is 5.14. The summed E-state index contributed by atoms with van der Waals surface area (Å²) in [5.74, 6) is 2.12. The summed E-state index contributed by atoms with van der Waals surface area (Å²) in [5.41, 5.74) is 3.18. The maximum atomic E-state index is 12.9. The summed E-state index contributed by atoms with van der Waals surface area (Å²) in [6.45, 7) is 7.24. The van der Waals surface area contributed by atoms with Crippen molar-refractivity contribution in [2.75, 3.05) is 23.0 Å². The maximum Gasteiger partial charge on any atom is 0.237 e. The van der Waals surface area contributed by atoms with E-state index in [1.54, 1.807) is 11.8 Å². The van der Waals surface area contributed by atoms with E-state index >= 15 is 0 Å². The average Bonchev–Trinajstić information content (AvgIpc) is 3.14. The summed E-state index contributed by atoms with van der Waals surface area (Å²) in [5, 5.41) is 9.48. The molecule has 0 spiro atoms. The summed E-state index contributed by atoms with van der Waals surface area (Å²) in [6.07, 6.45) is 1.83. The number of nitrogens with zero attached hydrogens (tertiary/aromatic N) is 4. The van der Waals surface area contributed by atoms with Gasteiger partial charge in [-0.25, -0.2) is 0 Å². The van der Waals surface area contributed by atoms with Gasteiger partial charge in [0, 0.05) is 29.3 Å². The first-order valence-electron chi connectivity index (χ1n) is 9.43. The molecule has 2 heterocycles. The molecule has 0 unspecified atom stereocenters. The number of amides is 1. The number of para-hydroxylation sites is 1. The molecule has 7 heteroatoms. The maximum absolute atomic E-state index is 12.9. The molecule has 1 aliphatic rings. The molecule has 0 atom stereocenters. The van der Waals surface area contributed by atoms with Crippen LogP contribution in [0.3, 0.4) is 0 Å². The number of hydrogen-bond acceptors (Lipinski definition) is 5. The minimum Gasteiger partial charge on any atom is -0.310 e. The van der Waals surface area contributed by atoms with Crippen molar-refractivity contribution in [2.24, 2.45) is 0 Å². The summed E-state index contributed by atoms with van der Waals surface area (Å²) in [7, 11) is 0. The van der Waals surface area contributed by atoms with Gasteiger partial charge in [-0.15, -0.1) is 28.5 Å². The van der Waals surface area contributed by atoms with Crippen LogP contribution in [0.5, 0.6) is 0 Å². The molecule has 1 amide bonds. The van der Waals surface area contributed by atoms with E-state index in [-0.39, 0.29) is 5.91 Å². The van der Waals surface area contributed by atoms with E-state index in [0.29, 0.717) is 12.3 Å². The Labute approximate surface area is 179 Å². The molecule has 0 saturated heterocycles. The van der Waals surface area contributed by atoms with E-state index in [2.05, 4.69) is 41.9 Å². The molecule has 5 nitrogen and oxygen atoms in total. The smallest absolute Gasteiger partial charge is 0.237 e. The fourth-order valence-electron chi connectivity index (χ4n) is 3.32. The molecule has 1 aromatic heterocycles. The Morgan fingerprint density at radius 3 is 2.93 bits per heavy atom. The van der Waals surface area contributed by atoms with Crippen molar-refractivity contribution in [1.82, 2.24) is 14.8 Å². The molecule has 0 radical (unpaired) electrons. The molecule has 1 aliphatic heterocycles. The first-order valence-corrected chi connectivity index (χ1v) is 11.4. The third-order valence-electron chi connectivity index (χ3n) is 4.66. The van der Waals surface area contributed by atoms with E-state index in [9.17, 15) is 4.79 Å². The number of aryl methyl sites for hydroxylation is 1. The van der Waals surface area contributed by atoms with Gasteiger partial charge in [-0.2, -0.15) is 0 Å². The largest absolute Gasteiger partial charge is 0.310 e. The molecule has 0 N–H and O–H groups in total. The van der Waals surface area contributed by atoms with Crippen molar-refractivity contribution in [3.8, 4) is 11.4 Å². The number of aromatic nitrogens is 3. The molecule has 4 rings (SSSR count). The lowest BCUT2D eigenvalue weighted by Gasteiger charge is -2.28. The highest BCUT2D eigenvalue weighted by Gasteiger charge is 2.23. The number of benzene rings is 2. The summed E-state index contributed by atoms with van der Waals surface area (Å²) in [6, 6.07) is 16.3. The molecule has 0 bridgehead atoms.